The largest absolute Gasteiger partial charge is 0.445 e. The molecule has 0 spiro atoms. The van der Waals surface area contributed by atoms with Crippen molar-refractivity contribution >= 4 is 21.6 Å². The minimum atomic E-state index is -3.40. The van der Waals surface area contributed by atoms with Gasteiger partial charge in [0.2, 0.25) is 0 Å². The van der Waals surface area contributed by atoms with Crippen molar-refractivity contribution in [2.24, 2.45) is 0 Å². The zero-order valence-electron chi connectivity index (χ0n) is 25.2. The maximum atomic E-state index is 13.1. The smallest absolute Gasteiger partial charge is 0.410 e. The number of amides is 1. The first-order valence-corrected chi connectivity index (χ1v) is 16.6. The molecule has 1 aliphatic rings. The highest BCUT2D eigenvalue weighted by Gasteiger charge is 2.32. The van der Waals surface area contributed by atoms with Gasteiger partial charge in [0.25, 0.3) is 5.69 Å². The molecule has 1 fully saturated rings. The van der Waals surface area contributed by atoms with Gasteiger partial charge >= 0.3 is 6.09 Å². The second kappa shape index (κ2) is 15.1. The predicted octanol–water partition coefficient (Wildman–Crippen LogP) is 6.40. The van der Waals surface area contributed by atoms with Crippen molar-refractivity contribution in [1.29, 1.82) is 0 Å². The Morgan fingerprint density at radius 1 is 1.02 bits per heavy atom. The average molecular weight is 620 g/mol. The molecular weight excluding hydrogens is 578 g/mol. The summed E-state index contributed by atoms with van der Waals surface area (Å²) in [5.41, 5.74) is 1.47. The van der Waals surface area contributed by atoms with Crippen LogP contribution in [-0.4, -0.2) is 67.2 Å². The van der Waals surface area contributed by atoms with Crippen LogP contribution >= 0.6 is 0 Å². The number of benzene rings is 3. The number of piperidine rings is 1. The third-order valence-corrected chi connectivity index (χ3v) is 10.3. The van der Waals surface area contributed by atoms with Crippen LogP contribution in [0.1, 0.15) is 43.7 Å². The number of ether oxygens (including phenoxy) is 1. The second-order valence-electron chi connectivity index (χ2n) is 11.6. The number of likely N-dealkylation sites (tertiary alicyclic amines) is 1. The van der Waals surface area contributed by atoms with E-state index in [1.165, 1.54) is 12.1 Å². The van der Waals surface area contributed by atoms with E-state index in [1.807, 2.05) is 24.3 Å². The van der Waals surface area contributed by atoms with E-state index in [0.717, 1.165) is 44.5 Å². The highest BCUT2D eigenvalue weighted by Crippen LogP contribution is 2.33. The van der Waals surface area contributed by atoms with Crippen LogP contribution in [0.5, 0.6) is 0 Å². The molecule has 0 aromatic heterocycles. The molecule has 0 saturated carbocycles. The molecule has 234 valence electrons. The normalized spacial score (nSPS) is 15.7. The topological polar surface area (TPSA) is 110 Å². The number of carbonyl (C=O) groups is 1. The Labute approximate surface area is 260 Å². The van der Waals surface area contributed by atoms with E-state index in [-0.39, 0.29) is 29.5 Å². The van der Waals surface area contributed by atoms with Crippen LogP contribution in [0.3, 0.4) is 0 Å². The maximum absolute atomic E-state index is 13.1. The number of hydrogen-bond donors (Lipinski definition) is 0. The maximum Gasteiger partial charge on any atom is 0.410 e. The molecule has 1 aliphatic heterocycles. The molecule has 0 bridgehead atoms. The zero-order chi connectivity index (χ0) is 31.6. The van der Waals surface area contributed by atoms with Crippen LogP contribution < -0.4 is 0 Å². The van der Waals surface area contributed by atoms with Gasteiger partial charge in [-0.15, -0.1) is 6.58 Å². The Kier molecular flexibility index (Phi) is 11.3. The third kappa shape index (κ3) is 8.76. The van der Waals surface area contributed by atoms with Gasteiger partial charge in [0.15, 0.2) is 9.84 Å². The minimum absolute atomic E-state index is 0.00475. The van der Waals surface area contributed by atoms with Gasteiger partial charge in [-0.1, -0.05) is 61.5 Å². The van der Waals surface area contributed by atoms with Crippen molar-refractivity contribution in [3.05, 3.63) is 119 Å². The fraction of sp³-hybridized carbons (Fsp3) is 0.382. The number of carbonyl (C=O) groups excluding carboxylic acids is 1. The Bertz CT molecular complexity index is 1490. The van der Waals surface area contributed by atoms with Crippen LogP contribution in [0.25, 0.3) is 0 Å². The molecular formula is C34H41N3O6S. The molecule has 0 aliphatic carbocycles. The van der Waals surface area contributed by atoms with Crippen LogP contribution in [0.2, 0.25) is 0 Å². The van der Waals surface area contributed by atoms with E-state index in [0.29, 0.717) is 23.4 Å². The fourth-order valence-electron chi connectivity index (χ4n) is 5.67. The summed E-state index contributed by atoms with van der Waals surface area (Å²) < 4.78 is 31.8. The molecule has 0 N–H and O–H groups in total. The molecule has 0 radical (unpaired) electrons. The Hall–Kier alpha value is -4.02. The first-order valence-electron chi connectivity index (χ1n) is 14.9. The van der Waals surface area contributed by atoms with Gasteiger partial charge < -0.3 is 14.5 Å². The van der Waals surface area contributed by atoms with Gasteiger partial charge in [-0.25, -0.2) is 13.2 Å². The van der Waals surface area contributed by atoms with E-state index in [1.54, 1.807) is 47.4 Å². The highest BCUT2D eigenvalue weighted by molar-refractivity contribution is 7.91. The number of non-ortho nitro benzene ring substituents is 1. The summed E-state index contributed by atoms with van der Waals surface area (Å²) >= 11 is 0. The van der Waals surface area contributed by atoms with Gasteiger partial charge in [-0.2, -0.15) is 0 Å². The molecule has 1 atom stereocenters. The number of hydrogen-bond acceptors (Lipinski definition) is 7. The zero-order valence-corrected chi connectivity index (χ0v) is 26.0. The molecule has 44 heavy (non-hydrogen) atoms. The van der Waals surface area contributed by atoms with Gasteiger partial charge in [0.1, 0.15) is 6.61 Å². The summed E-state index contributed by atoms with van der Waals surface area (Å²) in [7, 11) is -3.40. The van der Waals surface area contributed by atoms with Crippen LogP contribution in [-0.2, 0) is 26.6 Å². The van der Waals surface area contributed by atoms with Crippen molar-refractivity contribution < 1.29 is 22.9 Å². The summed E-state index contributed by atoms with van der Waals surface area (Å²) in [6, 6.07) is 24.7. The Morgan fingerprint density at radius 3 is 2.23 bits per heavy atom. The van der Waals surface area contributed by atoms with Gasteiger partial charge in [-0.3, -0.25) is 10.1 Å². The van der Waals surface area contributed by atoms with Crippen molar-refractivity contribution in [2.45, 2.75) is 55.6 Å². The molecule has 1 saturated heterocycles. The third-order valence-electron chi connectivity index (χ3n) is 8.54. The van der Waals surface area contributed by atoms with Crippen molar-refractivity contribution in [3.63, 3.8) is 0 Å². The van der Waals surface area contributed by atoms with E-state index in [4.69, 9.17) is 4.74 Å². The van der Waals surface area contributed by atoms with Gasteiger partial charge in [0, 0.05) is 37.8 Å². The number of nitro benzene ring substituents is 1. The number of rotatable bonds is 14. The van der Waals surface area contributed by atoms with Gasteiger partial charge in [0.05, 0.1) is 15.6 Å². The Balaban J connectivity index is 1.33. The standard InChI is InChI=1S/C34H41N3O6S/c1-3-22-36(33(38)43-27-28-14-16-31(17-15-28)37(39)40)30-18-23-35(24-19-30)25-20-34(2,29-10-6-4-7-11-29)21-26-44(41,42)32-12-8-5-9-13-32/h3-17,30H,1,18-27H2,2H3. The SMILES string of the molecule is C=CCN(C(=O)OCc1ccc([N+](=O)[O-])cc1)C1CCN(CCC(C)(CCS(=O)(=O)c2ccccc2)c2ccccc2)CC1. The molecule has 4 rings (SSSR count). The molecule has 1 amide bonds. The summed E-state index contributed by atoms with van der Waals surface area (Å²) in [5, 5.41) is 10.9. The fourth-order valence-corrected chi connectivity index (χ4v) is 7.20. The van der Waals surface area contributed by atoms with E-state index in [9.17, 15) is 23.3 Å². The lowest BCUT2D eigenvalue weighted by molar-refractivity contribution is -0.384. The first kappa shape index (κ1) is 32.9. The minimum Gasteiger partial charge on any atom is -0.445 e. The number of sulfone groups is 1. The first-order chi connectivity index (χ1) is 21.1. The van der Waals surface area contributed by atoms with E-state index in [2.05, 4.69) is 30.5 Å². The van der Waals surface area contributed by atoms with Crippen LogP contribution in [0.4, 0.5) is 10.5 Å². The van der Waals surface area contributed by atoms with Crippen molar-refractivity contribution in [3.8, 4) is 0 Å². The van der Waals surface area contributed by atoms with Gasteiger partial charge in [-0.05, 0) is 73.0 Å². The molecule has 1 unspecified atom stereocenters. The van der Waals surface area contributed by atoms with Crippen LogP contribution in [0, 0.1) is 10.1 Å². The molecule has 3 aromatic rings. The second-order valence-corrected chi connectivity index (χ2v) is 13.7. The quantitative estimate of drug-likeness (QED) is 0.117. The monoisotopic (exact) mass is 619 g/mol. The summed E-state index contributed by atoms with van der Waals surface area (Å²) in [4.78, 5) is 27.9. The summed E-state index contributed by atoms with van der Waals surface area (Å²) in [5.74, 6) is 0.0724. The molecule has 1 heterocycles. The molecule has 3 aromatic carbocycles. The average Bonchev–Trinajstić information content (AvgIpc) is 3.05. The van der Waals surface area contributed by atoms with Crippen LogP contribution in [0.15, 0.2) is 102 Å². The lowest BCUT2D eigenvalue weighted by atomic mass is 9.77. The summed E-state index contributed by atoms with van der Waals surface area (Å²) in [6.07, 6.45) is 4.14. The lowest BCUT2D eigenvalue weighted by Crippen LogP contribution is -2.48. The molecule has 10 heteroatoms. The van der Waals surface area contributed by atoms with E-state index >= 15 is 0 Å². The number of nitrogens with zero attached hydrogens (tertiary/aromatic N) is 3. The predicted molar refractivity (Wildman–Crippen MR) is 171 cm³/mol. The van der Waals surface area contributed by atoms with Crippen molar-refractivity contribution in [1.82, 2.24) is 9.80 Å². The number of nitro groups is 1. The summed E-state index contributed by atoms with van der Waals surface area (Å²) in [6.45, 7) is 8.79. The molecule has 9 nitrogen and oxygen atoms in total. The highest BCUT2D eigenvalue weighted by atomic mass is 32.2. The van der Waals surface area contributed by atoms with E-state index < -0.39 is 20.9 Å². The Morgan fingerprint density at radius 2 is 1.64 bits per heavy atom. The lowest BCUT2D eigenvalue weighted by Gasteiger charge is -2.39. The van der Waals surface area contributed by atoms with Crippen molar-refractivity contribution in [2.75, 3.05) is 31.9 Å².